The lowest BCUT2D eigenvalue weighted by atomic mass is 10.2. The number of nitro groups is 1. The van der Waals surface area contributed by atoms with Crippen LogP contribution in [0, 0.1) is 19.5 Å². The molecule has 0 aliphatic heterocycles. The van der Waals surface area contributed by atoms with Crippen molar-refractivity contribution >= 4 is 34.0 Å². The van der Waals surface area contributed by atoms with Crippen LogP contribution in [-0.4, -0.2) is 21.0 Å². The Kier molecular flexibility index (Phi) is 4.88. The van der Waals surface area contributed by atoms with E-state index in [0.29, 0.717) is 6.54 Å². The second-order valence-corrected chi connectivity index (χ2v) is 5.28. The van der Waals surface area contributed by atoms with Crippen LogP contribution >= 0.6 is 22.6 Å². The van der Waals surface area contributed by atoms with Crippen molar-refractivity contribution in [2.45, 2.75) is 13.0 Å². The van der Waals surface area contributed by atoms with Gasteiger partial charge in [-0.2, -0.15) is 0 Å². The zero-order valence-electron chi connectivity index (χ0n) is 10.4. The molecule has 106 valence electrons. The van der Waals surface area contributed by atoms with Gasteiger partial charge in [0.25, 0.3) is 5.69 Å². The SMILES string of the molecule is O=[N+]([O-])c1cc(I)c(F)cc1NCCCn1ccnc1. The third-order valence-corrected chi connectivity index (χ3v) is 3.53. The quantitative estimate of drug-likeness (QED) is 0.356. The van der Waals surface area contributed by atoms with Crippen LogP contribution in [0.15, 0.2) is 30.9 Å². The van der Waals surface area contributed by atoms with Crippen molar-refractivity contribution in [3.8, 4) is 0 Å². The standard InChI is InChI=1S/C12H12FIN4O2/c13-9-6-11(12(18(19)20)7-10(9)14)16-2-1-4-17-5-3-15-8-17/h3,5-8,16H,1-2,4H2. The van der Waals surface area contributed by atoms with Gasteiger partial charge in [-0.3, -0.25) is 10.1 Å². The number of nitro benzene ring substituents is 1. The molecule has 0 fully saturated rings. The van der Waals surface area contributed by atoms with Crippen LogP contribution < -0.4 is 5.32 Å². The minimum Gasteiger partial charge on any atom is -0.379 e. The molecule has 0 unspecified atom stereocenters. The van der Waals surface area contributed by atoms with Gasteiger partial charge in [0.2, 0.25) is 0 Å². The molecular weight excluding hydrogens is 378 g/mol. The number of hydrogen-bond donors (Lipinski definition) is 1. The summed E-state index contributed by atoms with van der Waals surface area (Å²) in [6.07, 6.45) is 5.98. The smallest absolute Gasteiger partial charge is 0.293 e. The van der Waals surface area contributed by atoms with Crippen molar-refractivity contribution in [1.82, 2.24) is 9.55 Å². The minimum atomic E-state index is -0.514. The van der Waals surface area contributed by atoms with E-state index < -0.39 is 10.7 Å². The maximum atomic E-state index is 13.5. The summed E-state index contributed by atoms with van der Waals surface area (Å²) in [5, 5.41) is 13.8. The highest BCUT2D eigenvalue weighted by atomic mass is 127. The lowest BCUT2D eigenvalue weighted by Gasteiger charge is -2.08. The molecule has 1 aromatic heterocycles. The van der Waals surface area contributed by atoms with Gasteiger partial charge in [-0.1, -0.05) is 0 Å². The van der Waals surface area contributed by atoms with Crippen LogP contribution in [0.5, 0.6) is 0 Å². The second kappa shape index (κ2) is 6.64. The van der Waals surface area contributed by atoms with Crippen LogP contribution in [0.4, 0.5) is 15.8 Å². The lowest BCUT2D eigenvalue weighted by Crippen LogP contribution is -2.08. The molecular formula is C12H12FIN4O2. The van der Waals surface area contributed by atoms with E-state index in [1.165, 1.54) is 6.07 Å². The fourth-order valence-corrected chi connectivity index (χ4v) is 2.18. The van der Waals surface area contributed by atoms with E-state index >= 15 is 0 Å². The van der Waals surface area contributed by atoms with Gasteiger partial charge in [-0.25, -0.2) is 9.37 Å². The van der Waals surface area contributed by atoms with Crippen LogP contribution in [0.25, 0.3) is 0 Å². The van der Waals surface area contributed by atoms with Crippen molar-refractivity contribution in [3.05, 3.63) is 50.4 Å². The predicted octanol–water partition coefficient (Wildman–Crippen LogP) is 3.04. The Balaban J connectivity index is 1.98. The van der Waals surface area contributed by atoms with Crippen LogP contribution in [0.3, 0.4) is 0 Å². The first-order valence-corrected chi connectivity index (χ1v) is 6.99. The first kappa shape index (κ1) is 14.7. The maximum Gasteiger partial charge on any atom is 0.293 e. The van der Waals surface area contributed by atoms with Gasteiger partial charge < -0.3 is 9.88 Å². The molecule has 2 aromatic rings. The van der Waals surface area contributed by atoms with Crippen molar-refractivity contribution in [3.63, 3.8) is 0 Å². The average Bonchev–Trinajstić information content (AvgIpc) is 2.91. The number of imidazole rings is 1. The summed E-state index contributed by atoms with van der Waals surface area (Å²) in [5.41, 5.74) is 0.0944. The van der Waals surface area contributed by atoms with Gasteiger partial charge in [0.15, 0.2) is 0 Å². The number of nitrogens with zero attached hydrogens (tertiary/aromatic N) is 3. The molecule has 0 aliphatic carbocycles. The molecule has 1 heterocycles. The van der Waals surface area contributed by atoms with Gasteiger partial charge in [0.1, 0.15) is 11.5 Å². The first-order valence-electron chi connectivity index (χ1n) is 5.91. The molecule has 0 saturated heterocycles. The van der Waals surface area contributed by atoms with E-state index in [2.05, 4.69) is 10.3 Å². The average molecular weight is 390 g/mol. The van der Waals surface area contributed by atoms with Gasteiger partial charge in [0.05, 0.1) is 14.8 Å². The number of rotatable bonds is 6. The second-order valence-electron chi connectivity index (χ2n) is 4.12. The molecule has 0 spiro atoms. The van der Waals surface area contributed by atoms with E-state index in [9.17, 15) is 14.5 Å². The van der Waals surface area contributed by atoms with E-state index in [1.54, 1.807) is 35.1 Å². The van der Waals surface area contributed by atoms with Crippen LogP contribution in [0.2, 0.25) is 0 Å². The molecule has 6 nitrogen and oxygen atoms in total. The van der Waals surface area contributed by atoms with Gasteiger partial charge >= 0.3 is 0 Å². The summed E-state index contributed by atoms with van der Waals surface area (Å²) in [6.45, 7) is 1.26. The first-order chi connectivity index (χ1) is 9.58. The van der Waals surface area contributed by atoms with Gasteiger partial charge in [0, 0.05) is 37.6 Å². The van der Waals surface area contributed by atoms with Crippen LogP contribution in [0.1, 0.15) is 6.42 Å². The van der Waals surface area contributed by atoms with Gasteiger partial charge in [-0.15, -0.1) is 0 Å². The third kappa shape index (κ3) is 3.65. The largest absolute Gasteiger partial charge is 0.379 e. The molecule has 0 saturated carbocycles. The topological polar surface area (TPSA) is 73.0 Å². The van der Waals surface area contributed by atoms with Crippen molar-refractivity contribution < 1.29 is 9.31 Å². The van der Waals surface area contributed by atoms with E-state index in [4.69, 9.17) is 0 Å². The summed E-state index contributed by atoms with van der Waals surface area (Å²) in [5.74, 6) is -0.465. The highest BCUT2D eigenvalue weighted by Gasteiger charge is 2.16. The number of aromatic nitrogens is 2. The Morgan fingerprint density at radius 1 is 1.50 bits per heavy atom. The number of benzene rings is 1. The van der Waals surface area contributed by atoms with E-state index in [0.717, 1.165) is 19.0 Å². The van der Waals surface area contributed by atoms with E-state index in [-0.39, 0.29) is 14.9 Å². The monoisotopic (exact) mass is 390 g/mol. The Morgan fingerprint density at radius 3 is 2.95 bits per heavy atom. The minimum absolute atomic E-state index is 0.113. The summed E-state index contributed by atoms with van der Waals surface area (Å²) in [4.78, 5) is 14.3. The summed E-state index contributed by atoms with van der Waals surface area (Å²) in [6, 6.07) is 2.39. The van der Waals surface area contributed by atoms with Crippen molar-refractivity contribution in [2.75, 3.05) is 11.9 Å². The summed E-state index contributed by atoms with van der Waals surface area (Å²) in [7, 11) is 0. The number of nitrogens with one attached hydrogen (secondary N) is 1. The third-order valence-electron chi connectivity index (χ3n) is 2.70. The normalized spacial score (nSPS) is 10.5. The molecule has 0 radical (unpaired) electrons. The molecule has 1 aromatic carbocycles. The molecule has 8 heteroatoms. The molecule has 20 heavy (non-hydrogen) atoms. The predicted molar refractivity (Wildman–Crippen MR) is 81.1 cm³/mol. The number of anilines is 1. The number of hydrogen-bond acceptors (Lipinski definition) is 4. The number of halogens is 2. The summed E-state index contributed by atoms with van der Waals surface area (Å²) >= 11 is 1.73. The Bertz CT molecular complexity index is 604. The fraction of sp³-hybridized carbons (Fsp3) is 0.250. The zero-order chi connectivity index (χ0) is 14.5. The highest BCUT2D eigenvalue weighted by Crippen LogP contribution is 2.28. The summed E-state index contributed by atoms with van der Waals surface area (Å²) < 4.78 is 15.6. The fourth-order valence-electron chi connectivity index (χ4n) is 1.73. The Labute approximate surface area is 128 Å². The lowest BCUT2D eigenvalue weighted by molar-refractivity contribution is -0.384. The zero-order valence-corrected chi connectivity index (χ0v) is 12.6. The van der Waals surface area contributed by atoms with E-state index in [1.807, 2.05) is 10.8 Å². The molecule has 0 aliphatic rings. The molecule has 2 rings (SSSR count). The Hall–Kier alpha value is -1.71. The molecule has 0 amide bonds. The van der Waals surface area contributed by atoms with Crippen molar-refractivity contribution in [1.29, 1.82) is 0 Å². The van der Waals surface area contributed by atoms with Gasteiger partial charge in [-0.05, 0) is 29.0 Å². The highest BCUT2D eigenvalue weighted by molar-refractivity contribution is 14.1. The molecule has 0 bridgehead atoms. The maximum absolute atomic E-state index is 13.5. The molecule has 1 N–H and O–H groups in total. The Morgan fingerprint density at radius 2 is 2.30 bits per heavy atom. The number of aryl methyl sites for hydroxylation is 1. The molecule has 0 atom stereocenters. The van der Waals surface area contributed by atoms with Crippen molar-refractivity contribution in [2.24, 2.45) is 0 Å². The van der Waals surface area contributed by atoms with Crippen LogP contribution in [-0.2, 0) is 6.54 Å².